The quantitative estimate of drug-likeness (QED) is 0.667. The van der Waals surface area contributed by atoms with Gasteiger partial charge in [-0.15, -0.1) is 23.1 Å². The molecular formula is C12H12N2OS2. The topological polar surface area (TPSA) is 42.0 Å². The number of aromatic nitrogens is 1. The number of carbonyl (C=O) groups excluding carboxylic acids is 1. The van der Waals surface area contributed by atoms with Gasteiger partial charge >= 0.3 is 0 Å². The number of hydrogen-bond acceptors (Lipinski definition) is 4. The molecule has 1 N–H and O–H groups in total. The third-order valence-corrected chi connectivity index (χ3v) is 3.93. The van der Waals surface area contributed by atoms with Crippen LogP contribution in [-0.4, -0.2) is 23.2 Å². The van der Waals surface area contributed by atoms with E-state index in [9.17, 15) is 4.79 Å². The van der Waals surface area contributed by atoms with E-state index in [2.05, 4.69) is 10.3 Å². The zero-order chi connectivity index (χ0) is 11.9. The van der Waals surface area contributed by atoms with Gasteiger partial charge in [0.1, 0.15) is 0 Å². The zero-order valence-corrected chi connectivity index (χ0v) is 10.8. The molecule has 0 aromatic carbocycles. The SMILES string of the molecule is O=C(NCCSc1ccncc1)c1cccs1. The summed E-state index contributed by atoms with van der Waals surface area (Å²) in [6.45, 7) is 0.670. The standard InChI is InChI=1S/C12H12N2OS2/c15-12(11-2-1-8-17-11)14-7-9-16-10-3-5-13-6-4-10/h1-6,8H,7,9H2,(H,14,15). The average molecular weight is 264 g/mol. The van der Waals surface area contributed by atoms with Crippen LogP contribution in [0.4, 0.5) is 0 Å². The highest BCUT2D eigenvalue weighted by atomic mass is 32.2. The summed E-state index contributed by atoms with van der Waals surface area (Å²) in [5.74, 6) is 0.872. The lowest BCUT2D eigenvalue weighted by molar-refractivity contribution is 0.0960. The van der Waals surface area contributed by atoms with E-state index in [4.69, 9.17) is 0 Å². The monoisotopic (exact) mass is 264 g/mol. The number of hydrogen-bond donors (Lipinski definition) is 1. The van der Waals surface area contributed by atoms with E-state index in [1.54, 1.807) is 24.2 Å². The maximum absolute atomic E-state index is 11.6. The van der Waals surface area contributed by atoms with Crippen LogP contribution in [0.5, 0.6) is 0 Å². The summed E-state index contributed by atoms with van der Waals surface area (Å²) in [6, 6.07) is 7.64. The average Bonchev–Trinajstić information content (AvgIpc) is 2.89. The molecule has 5 heteroatoms. The number of pyridine rings is 1. The predicted molar refractivity (Wildman–Crippen MR) is 71.6 cm³/mol. The fourth-order valence-electron chi connectivity index (χ4n) is 1.26. The Bertz CT molecular complexity index is 457. The first-order valence-corrected chi connectivity index (χ1v) is 7.07. The summed E-state index contributed by atoms with van der Waals surface area (Å²) in [5, 5.41) is 4.79. The summed E-state index contributed by atoms with van der Waals surface area (Å²) in [5.41, 5.74) is 0. The Hall–Kier alpha value is -1.33. The Labute approximate surface area is 108 Å². The van der Waals surface area contributed by atoms with Crippen molar-refractivity contribution >= 4 is 29.0 Å². The first-order valence-electron chi connectivity index (χ1n) is 5.21. The maximum atomic E-state index is 11.6. The normalized spacial score (nSPS) is 10.1. The molecule has 3 nitrogen and oxygen atoms in total. The van der Waals surface area contributed by atoms with Crippen molar-refractivity contribution in [2.75, 3.05) is 12.3 Å². The van der Waals surface area contributed by atoms with Crippen molar-refractivity contribution in [3.8, 4) is 0 Å². The summed E-state index contributed by atoms with van der Waals surface area (Å²) < 4.78 is 0. The Morgan fingerprint density at radius 1 is 1.35 bits per heavy atom. The smallest absolute Gasteiger partial charge is 0.261 e. The summed E-state index contributed by atoms with van der Waals surface area (Å²) in [6.07, 6.45) is 3.54. The second kappa shape index (κ2) is 6.42. The van der Waals surface area contributed by atoms with Gasteiger partial charge in [-0.3, -0.25) is 9.78 Å². The highest BCUT2D eigenvalue weighted by molar-refractivity contribution is 7.99. The highest BCUT2D eigenvalue weighted by Gasteiger charge is 2.04. The van der Waals surface area contributed by atoms with E-state index in [1.165, 1.54) is 16.2 Å². The van der Waals surface area contributed by atoms with Gasteiger partial charge in [-0.25, -0.2) is 0 Å². The van der Waals surface area contributed by atoms with Gasteiger partial charge < -0.3 is 5.32 Å². The van der Waals surface area contributed by atoms with Gasteiger partial charge in [-0.1, -0.05) is 6.07 Å². The number of amides is 1. The second-order valence-electron chi connectivity index (χ2n) is 3.26. The van der Waals surface area contributed by atoms with Crippen molar-refractivity contribution in [1.82, 2.24) is 10.3 Å². The molecule has 0 radical (unpaired) electrons. The third-order valence-electron chi connectivity index (χ3n) is 2.05. The van der Waals surface area contributed by atoms with Crippen LogP contribution < -0.4 is 5.32 Å². The van der Waals surface area contributed by atoms with Crippen molar-refractivity contribution in [3.63, 3.8) is 0 Å². The molecule has 0 fully saturated rings. The van der Waals surface area contributed by atoms with Crippen LogP contribution in [0.2, 0.25) is 0 Å². The zero-order valence-electron chi connectivity index (χ0n) is 9.13. The van der Waals surface area contributed by atoms with Crippen molar-refractivity contribution in [3.05, 3.63) is 46.9 Å². The van der Waals surface area contributed by atoms with Crippen LogP contribution in [0.25, 0.3) is 0 Å². The molecule has 0 atom stereocenters. The summed E-state index contributed by atoms with van der Waals surface area (Å²) in [7, 11) is 0. The van der Waals surface area contributed by atoms with Crippen LogP contribution in [-0.2, 0) is 0 Å². The minimum absolute atomic E-state index is 0.00956. The molecule has 0 unspecified atom stereocenters. The van der Waals surface area contributed by atoms with Crippen molar-refractivity contribution in [1.29, 1.82) is 0 Å². The molecule has 0 aliphatic rings. The van der Waals surface area contributed by atoms with Crippen LogP contribution in [0.3, 0.4) is 0 Å². The van der Waals surface area contributed by atoms with Gasteiger partial charge in [0.2, 0.25) is 0 Å². The maximum Gasteiger partial charge on any atom is 0.261 e. The van der Waals surface area contributed by atoms with Gasteiger partial charge in [-0.2, -0.15) is 0 Å². The van der Waals surface area contributed by atoms with Gasteiger partial charge in [0, 0.05) is 29.6 Å². The van der Waals surface area contributed by atoms with Crippen molar-refractivity contribution < 1.29 is 4.79 Å². The molecule has 0 bridgehead atoms. The lowest BCUT2D eigenvalue weighted by Gasteiger charge is -2.03. The van der Waals surface area contributed by atoms with Crippen LogP contribution in [0.15, 0.2) is 46.9 Å². The fraction of sp³-hybridized carbons (Fsp3) is 0.167. The minimum Gasteiger partial charge on any atom is -0.350 e. The molecule has 0 aliphatic heterocycles. The number of thioether (sulfide) groups is 1. The fourth-order valence-corrected chi connectivity index (χ4v) is 2.66. The Kier molecular flexibility index (Phi) is 4.58. The van der Waals surface area contributed by atoms with E-state index in [0.29, 0.717) is 6.54 Å². The molecule has 0 aliphatic carbocycles. The molecule has 0 saturated carbocycles. The van der Waals surface area contributed by atoms with Crippen molar-refractivity contribution in [2.24, 2.45) is 0 Å². The highest BCUT2D eigenvalue weighted by Crippen LogP contribution is 2.15. The molecule has 2 rings (SSSR count). The molecule has 1 amide bonds. The summed E-state index contributed by atoms with van der Waals surface area (Å²) >= 11 is 3.17. The van der Waals surface area contributed by atoms with Crippen LogP contribution >= 0.6 is 23.1 Å². The molecule has 2 aromatic heterocycles. The number of rotatable bonds is 5. The van der Waals surface area contributed by atoms with E-state index < -0.39 is 0 Å². The van der Waals surface area contributed by atoms with E-state index in [-0.39, 0.29) is 5.91 Å². The number of nitrogens with zero attached hydrogens (tertiary/aromatic N) is 1. The second-order valence-corrected chi connectivity index (χ2v) is 5.38. The minimum atomic E-state index is 0.00956. The number of thiophene rings is 1. The molecule has 0 spiro atoms. The molecule has 2 aromatic rings. The molecule has 88 valence electrons. The summed E-state index contributed by atoms with van der Waals surface area (Å²) in [4.78, 5) is 17.5. The Balaban J connectivity index is 1.69. The van der Waals surface area contributed by atoms with Crippen LogP contribution in [0, 0.1) is 0 Å². The molecular weight excluding hydrogens is 252 g/mol. The van der Waals surface area contributed by atoms with Crippen molar-refractivity contribution in [2.45, 2.75) is 4.90 Å². The van der Waals surface area contributed by atoms with E-state index in [0.717, 1.165) is 10.6 Å². The van der Waals surface area contributed by atoms with Gasteiger partial charge in [0.15, 0.2) is 0 Å². The largest absolute Gasteiger partial charge is 0.350 e. The van der Waals surface area contributed by atoms with E-state index >= 15 is 0 Å². The number of nitrogens with one attached hydrogen (secondary N) is 1. The van der Waals surface area contributed by atoms with Crippen LogP contribution in [0.1, 0.15) is 9.67 Å². The number of carbonyl (C=O) groups is 1. The molecule has 17 heavy (non-hydrogen) atoms. The molecule has 2 heterocycles. The lowest BCUT2D eigenvalue weighted by Crippen LogP contribution is -2.24. The Morgan fingerprint density at radius 2 is 2.18 bits per heavy atom. The Morgan fingerprint density at radius 3 is 2.88 bits per heavy atom. The van der Waals surface area contributed by atoms with Gasteiger partial charge in [0.25, 0.3) is 5.91 Å². The first-order chi connectivity index (χ1) is 8.36. The predicted octanol–water partition coefficient (Wildman–Crippen LogP) is 2.67. The first kappa shape index (κ1) is 12.1. The van der Waals surface area contributed by atoms with Gasteiger partial charge in [0.05, 0.1) is 4.88 Å². The van der Waals surface area contributed by atoms with Gasteiger partial charge in [-0.05, 0) is 23.6 Å². The molecule has 0 saturated heterocycles. The third kappa shape index (κ3) is 3.87. The lowest BCUT2D eigenvalue weighted by atomic mass is 10.4. The van der Waals surface area contributed by atoms with E-state index in [1.807, 2.05) is 29.6 Å².